The average molecular weight is 498 g/mol. The molecular weight excluding hydrogens is 461 g/mol. The molecule has 3 amide bonds. The number of benzene rings is 2. The molecule has 2 aromatic carbocycles. The number of halogens is 1. The van der Waals surface area contributed by atoms with Crippen LogP contribution in [0.25, 0.3) is 0 Å². The lowest BCUT2D eigenvalue weighted by molar-refractivity contribution is -0.127. The molecule has 1 atom stereocenters. The third kappa shape index (κ3) is 6.97. The van der Waals surface area contributed by atoms with Crippen LogP contribution < -0.4 is 10.1 Å². The fourth-order valence-corrected chi connectivity index (χ4v) is 5.15. The number of hydrogen-bond donors (Lipinski definition) is 1. The van der Waals surface area contributed by atoms with Crippen molar-refractivity contribution in [1.29, 1.82) is 0 Å². The molecule has 0 spiro atoms. The maximum Gasteiger partial charge on any atom is 0.321 e. The highest BCUT2D eigenvalue weighted by Gasteiger charge is 2.32. The lowest BCUT2D eigenvalue weighted by Gasteiger charge is -2.39. The first-order chi connectivity index (χ1) is 17.7. The van der Waals surface area contributed by atoms with Gasteiger partial charge in [0, 0.05) is 32.1 Å². The van der Waals surface area contributed by atoms with E-state index in [1.807, 2.05) is 29.2 Å². The first kappa shape index (κ1) is 25.9. The first-order valence-electron chi connectivity index (χ1n) is 12.9. The summed E-state index contributed by atoms with van der Waals surface area (Å²) in [7, 11) is 0. The van der Waals surface area contributed by atoms with Crippen LogP contribution in [0.1, 0.15) is 42.7 Å². The third-order valence-corrected chi connectivity index (χ3v) is 6.93. The number of piperidine rings is 1. The molecule has 4 rings (SSSR count). The van der Waals surface area contributed by atoms with Gasteiger partial charge in [-0.25, -0.2) is 9.18 Å². The predicted molar refractivity (Wildman–Crippen MR) is 136 cm³/mol. The minimum absolute atomic E-state index is 0.0210. The number of rotatable bonds is 6. The van der Waals surface area contributed by atoms with E-state index in [1.54, 1.807) is 4.90 Å². The van der Waals surface area contributed by atoms with E-state index in [-0.39, 0.29) is 37.8 Å². The molecule has 0 aliphatic carbocycles. The molecule has 0 radical (unpaired) electrons. The molecular formula is C28H36FN3O4. The summed E-state index contributed by atoms with van der Waals surface area (Å²) >= 11 is 0. The van der Waals surface area contributed by atoms with Gasteiger partial charge in [-0.3, -0.25) is 4.79 Å². The maximum absolute atomic E-state index is 13.3. The number of ether oxygens (including phenoxy) is 2. The van der Waals surface area contributed by atoms with Crippen molar-refractivity contribution < 1.29 is 23.5 Å². The van der Waals surface area contributed by atoms with E-state index >= 15 is 0 Å². The minimum atomic E-state index is -0.520. The van der Waals surface area contributed by atoms with Gasteiger partial charge in [-0.15, -0.1) is 0 Å². The van der Waals surface area contributed by atoms with Crippen molar-refractivity contribution in [3.63, 3.8) is 0 Å². The average Bonchev–Trinajstić information content (AvgIpc) is 2.92. The van der Waals surface area contributed by atoms with E-state index in [2.05, 4.69) is 35.6 Å². The fraction of sp³-hybridized carbons (Fsp3) is 0.500. The lowest BCUT2D eigenvalue weighted by Crippen LogP contribution is -2.49. The molecule has 2 fully saturated rings. The number of hydrogen-bond acceptors (Lipinski definition) is 4. The van der Waals surface area contributed by atoms with Crippen LogP contribution in [0.5, 0.6) is 5.75 Å². The highest BCUT2D eigenvalue weighted by molar-refractivity contribution is 5.77. The van der Waals surface area contributed by atoms with Gasteiger partial charge in [-0.05, 0) is 54.9 Å². The lowest BCUT2D eigenvalue weighted by atomic mass is 9.76. The quantitative estimate of drug-likeness (QED) is 0.650. The van der Waals surface area contributed by atoms with E-state index in [0.29, 0.717) is 37.8 Å². The van der Waals surface area contributed by atoms with Crippen molar-refractivity contribution in [2.24, 2.45) is 5.92 Å². The number of carbonyl (C=O) groups excluding carboxylic acids is 2. The van der Waals surface area contributed by atoms with E-state index in [9.17, 15) is 14.0 Å². The monoisotopic (exact) mass is 497 g/mol. The Bertz CT molecular complexity index is 982. The summed E-state index contributed by atoms with van der Waals surface area (Å²) in [4.78, 5) is 28.6. The Morgan fingerprint density at radius 1 is 1.03 bits per heavy atom. The number of nitrogens with one attached hydrogen (secondary N) is 1. The van der Waals surface area contributed by atoms with Gasteiger partial charge in [-0.1, -0.05) is 42.5 Å². The standard InChI is InChI=1S/C28H36FN3O4/c29-13-18-36-25-10-6-9-24(19-25)27(22-7-2-1-3-8-22)23-11-16-31(17-12-23)28(34)32-15-5-4-14-30-26(33)20-35-21-32/h1-3,6-10,19,23,27H,4-5,11-18,20-21H2,(H,30,33)/t27-/m1/s1. The number of nitrogens with zero attached hydrogens (tertiary/aromatic N) is 2. The SMILES string of the molecule is O=C1COCN(C(=O)N2CCC([C@@H](c3ccccc3)c3cccc(OCCF)c3)CC2)CCCCN1. The van der Waals surface area contributed by atoms with Gasteiger partial charge in [0.15, 0.2) is 0 Å². The second-order valence-corrected chi connectivity index (χ2v) is 9.40. The van der Waals surface area contributed by atoms with E-state index in [0.717, 1.165) is 31.2 Å². The van der Waals surface area contributed by atoms with Crippen LogP contribution in [0.4, 0.5) is 9.18 Å². The number of amides is 3. The van der Waals surface area contributed by atoms with Gasteiger partial charge in [0.2, 0.25) is 5.91 Å². The molecule has 0 aromatic heterocycles. The summed E-state index contributed by atoms with van der Waals surface area (Å²) in [6.07, 6.45) is 3.41. The molecule has 2 saturated heterocycles. The topological polar surface area (TPSA) is 71.1 Å². The molecule has 194 valence electrons. The molecule has 0 saturated carbocycles. The summed E-state index contributed by atoms with van der Waals surface area (Å²) in [5.74, 6) is 1.05. The van der Waals surface area contributed by atoms with Gasteiger partial charge in [0.1, 0.15) is 32.4 Å². The van der Waals surface area contributed by atoms with Crippen molar-refractivity contribution in [2.75, 3.05) is 52.8 Å². The molecule has 2 aliphatic heterocycles. The molecule has 2 aromatic rings. The van der Waals surface area contributed by atoms with Crippen molar-refractivity contribution >= 4 is 11.9 Å². The normalized spacial score (nSPS) is 18.9. The van der Waals surface area contributed by atoms with Gasteiger partial charge in [-0.2, -0.15) is 0 Å². The second-order valence-electron chi connectivity index (χ2n) is 9.40. The maximum atomic E-state index is 13.3. The highest BCUT2D eigenvalue weighted by atomic mass is 19.1. The molecule has 0 unspecified atom stereocenters. The van der Waals surface area contributed by atoms with Crippen LogP contribution in [0, 0.1) is 5.92 Å². The minimum Gasteiger partial charge on any atom is -0.491 e. The summed E-state index contributed by atoms with van der Waals surface area (Å²) in [6.45, 7) is 2.19. The first-order valence-corrected chi connectivity index (χ1v) is 12.9. The molecule has 2 heterocycles. The van der Waals surface area contributed by atoms with Gasteiger partial charge < -0.3 is 24.6 Å². The Morgan fingerprint density at radius 3 is 2.58 bits per heavy atom. The summed E-state index contributed by atoms with van der Waals surface area (Å²) < 4.78 is 23.7. The van der Waals surface area contributed by atoms with Crippen LogP contribution in [0.15, 0.2) is 54.6 Å². The van der Waals surface area contributed by atoms with Crippen LogP contribution in [0.2, 0.25) is 0 Å². The molecule has 0 bridgehead atoms. The Hall–Kier alpha value is -3.13. The van der Waals surface area contributed by atoms with Crippen LogP contribution in [0.3, 0.4) is 0 Å². The zero-order valence-corrected chi connectivity index (χ0v) is 20.7. The van der Waals surface area contributed by atoms with Crippen molar-refractivity contribution in [2.45, 2.75) is 31.6 Å². The molecule has 7 nitrogen and oxygen atoms in total. The van der Waals surface area contributed by atoms with E-state index in [1.165, 1.54) is 5.56 Å². The number of urea groups is 1. The Kier molecular flexibility index (Phi) is 9.55. The van der Waals surface area contributed by atoms with Crippen LogP contribution in [-0.4, -0.2) is 74.5 Å². The fourth-order valence-electron chi connectivity index (χ4n) is 5.15. The number of likely N-dealkylation sites (tertiary alicyclic amines) is 1. The number of carbonyl (C=O) groups is 2. The van der Waals surface area contributed by atoms with Crippen molar-refractivity contribution in [3.8, 4) is 5.75 Å². The molecule has 1 N–H and O–H groups in total. The molecule has 2 aliphatic rings. The zero-order valence-electron chi connectivity index (χ0n) is 20.7. The highest BCUT2D eigenvalue weighted by Crippen LogP contribution is 2.39. The second kappa shape index (κ2) is 13.3. The van der Waals surface area contributed by atoms with E-state index in [4.69, 9.17) is 9.47 Å². The van der Waals surface area contributed by atoms with E-state index < -0.39 is 6.67 Å². The van der Waals surface area contributed by atoms with Gasteiger partial charge >= 0.3 is 6.03 Å². The Labute approximate surface area is 212 Å². The molecule has 8 heteroatoms. The van der Waals surface area contributed by atoms with Gasteiger partial charge in [0.05, 0.1) is 0 Å². The predicted octanol–water partition coefficient (Wildman–Crippen LogP) is 4.18. The van der Waals surface area contributed by atoms with Crippen molar-refractivity contribution in [1.82, 2.24) is 15.1 Å². The Morgan fingerprint density at radius 2 is 1.81 bits per heavy atom. The van der Waals surface area contributed by atoms with Gasteiger partial charge in [0.25, 0.3) is 0 Å². The largest absolute Gasteiger partial charge is 0.491 e. The third-order valence-electron chi connectivity index (χ3n) is 6.93. The molecule has 36 heavy (non-hydrogen) atoms. The van der Waals surface area contributed by atoms with Crippen LogP contribution >= 0.6 is 0 Å². The summed E-state index contributed by atoms with van der Waals surface area (Å²) in [5.41, 5.74) is 2.37. The number of alkyl halides is 1. The summed E-state index contributed by atoms with van der Waals surface area (Å²) in [6, 6.07) is 18.4. The zero-order chi connectivity index (χ0) is 25.2. The van der Waals surface area contributed by atoms with Crippen LogP contribution in [-0.2, 0) is 9.53 Å². The van der Waals surface area contributed by atoms with Crippen molar-refractivity contribution in [3.05, 3.63) is 65.7 Å². The Balaban J connectivity index is 1.44. The summed E-state index contributed by atoms with van der Waals surface area (Å²) in [5, 5.41) is 2.81. The smallest absolute Gasteiger partial charge is 0.321 e.